The highest BCUT2D eigenvalue weighted by molar-refractivity contribution is 6.09. The molecule has 4 aromatic rings. The van der Waals surface area contributed by atoms with Gasteiger partial charge in [-0.3, -0.25) is 0 Å². The van der Waals surface area contributed by atoms with Crippen molar-refractivity contribution >= 4 is 33.6 Å². The first kappa shape index (κ1) is 16.7. The summed E-state index contributed by atoms with van der Waals surface area (Å²) in [7, 11) is 0. The fraction of sp³-hybridized carbons (Fsp3) is 0. The zero-order valence-corrected chi connectivity index (χ0v) is 14.3. The number of hydrogen-bond donors (Lipinski definition) is 3. The fourth-order valence-corrected chi connectivity index (χ4v) is 3.39. The van der Waals surface area contributed by atoms with Gasteiger partial charge in [-0.1, -0.05) is 48.5 Å². The number of fused-ring (bicyclic) bond motifs is 2. The molecule has 0 aliphatic heterocycles. The number of rotatable bonds is 3. The minimum atomic E-state index is -1.01. The van der Waals surface area contributed by atoms with Crippen LogP contribution in [-0.4, -0.2) is 21.3 Å². The zero-order chi connectivity index (χ0) is 19.0. The summed E-state index contributed by atoms with van der Waals surface area (Å²) in [5.74, 6) is -0.850. The van der Waals surface area contributed by atoms with Gasteiger partial charge in [-0.2, -0.15) is 0 Å². The van der Waals surface area contributed by atoms with Gasteiger partial charge in [0.15, 0.2) is 0 Å². The minimum Gasteiger partial charge on any atom is -0.507 e. The molecule has 0 aromatic heterocycles. The van der Waals surface area contributed by atoms with Crippen molar-refractivity contribution in [2.75, 3.05) is 0 Å². The predicted octanol–water partition coefficient (Wildman–Crippen LogP) is 5.17. The van der Waals surface area contributed by atoms with Gasteiger partial charge in [-0.05, 0) is 51.4 Å². The Hall–Kier alpha value is -3.79. The van der Waals surface area contributed by atoms with E-state index in [-0.39, 0.29) is 11.5 Å². The predicted molar refractivity (Wildman–Crippen MR) is 107 cm³/mol. The molecule has 0 aliphatic carbocycles. The molecule has 0 atom stereocenters. The Morgan fingerprint density at radius 3 is 2.07 bits per heavy atom. The van der Waals surface area contributed by atoms with Crippen LogP contribution in [0.4, 0.5) is 0 Å². The molecule has 4 rings (SSSR count). The van der Waals surface area contributed by atoms with Gasteiger partial charge in [-0.25, -0.2) is 4.79 Å². The molecule has 0 bridgehead atoms. The van der Waals surface area contributed by atoms with Crippen LogP contribution in [-0.2, 0) is 4.79 Å². The van der Waals surface area contributed by atoms with E-state index >= 15 is 0 Å². The number of carboxylic acid groups (broad SMARTS) is 1. The summed E-state index contributed by atoms with van der Waals surface area (Å²) in [5.41, 5.74) is 1.87. The number of aliphatic carboxylic acids is 1. The lowest BCUT2D eigenvalue weighted by Gasteiger charge is -2.14. The molecule has 4 aromatic carbocycles. The van der Waals surface area contributed by atoms with Gasteiger partial charge in [0.2, 0.25) is 0 Å². The van der Waals surface area contributed by atoms with Crippen molar-refractivity contribution in [3.05, 3.63) is 78.4 Å². The molecule has 27 heavy (non-hydrogen) atoms. The van der Waals surface area contributed by atoms with E-state index in [2.05, 4.69) is 0 Å². The average molecular weight is 356 g/mol. The largest absolute Gasteiger partial charge is 0.507 e. The number of phenolic OH excluding ortho intramolecular Hbond substituents is 2. The molecular formula is C23H16O4. The zero-order valence-electron chi connectivity index (χ0n) is 14.3. The van der Waals surface area contributed by atoms with Gasteiger partial charge < -0.3 is 15.3 Å². The van der Waals surface area contributed by atoms with Gasteiger partial charge in [0.05, 0.1) is 0 Å². The average Bonchev–Trinajstić information content (AvgIpc) is 2.67. The van der Waals surface area contributed by atoms with Crippen molar-refractivity contribution < 1.29 is 20.1 Å². The van der Waals surface area contributed by atoms with Crippen molar-refractivity contribution in [2.45, 2.75) is 0 Å². The van der Waals surface area contributed by atoms with Gasteiger partial charge in [-0.15, -0.1) is 0 Å². The van der Waals surface area contributed by atoms with Gasteiger partial charge in [0.1, 0.15) is 11.5 Å². The van der Waals surface area contributed by atoms with Crippen LogP contribution >= 0.6 is 0 Å². The Kier molecular flexibility index (Phi) is 4.01. The maximum atomic E-state index is 10.7. The highest BCUT2D eigenvalue weighted by Gasteiger charge is 2.16. The lowest BCUT2D eigenvalue weighted by molar-refractivity contribution is -0.131. The van der Waals surface area contributed by atoms with Crippen LogP contribution in [0.5, 0.6) is 11.5 Å². The quantitative estimate of drug-likeness (QED) is 0.443. The lowest BCUT2D eigenvalue weighted by Crippen LogP contribution is -1.88. The summed E-state index contributed by atoms with van der Waals surface area (Å²) >= 11 is 0. The van der Waals surface area contributed by atoms with Gasteiger partial charge in [0, 0.05) is 17.2 Å². The van der Waals surface area contributed by atoms with Gasteiger partial charge in [0.25, 0.3) is 0 Å². The normalized spacial score (nSPS) is 11.4. The SMILES string of the molecule is O=C(O)C=Cc1ccc2c(-c3c(O)ccc4ccccc34)c(O)ccc2c1. The van der Waals surface area contributed by atoms with E-state index in [1.165, 1.54) is 6.08 Å². The van der Waals surface area contributed by atoms with E-state index < -0.39 is 5.97 Å². The molecule has 4 heteroatoms. The van der Waals surface area contributed by atoms with Crippen molar-refractivity contribution in [3.8, 4) is 22.6 Å². The van der Waals surface area contributed by atoms with Crippen molar-refractivity contribution in [3.63, 3.8) is 0 Å². The third-order valence-electron chi connectivity index (χ3n) is 4.60. The second kappa shape index (κ2) is 6.50. The third kappa shape index (κ3) is 2.98. The third-order valence-corrected chi connectivity index (χ3v) is 4.60. The molecule has 0 spiro atoms. The molecule has 3 N–H and O–H groups in total. The summed E-state index contributed by atoms with van der Waals surface area (Å²) in [5, 5.41) is 33.4. The molecule has 0 fully saturated rings. The Morgan fingerprint density at radius 2 is 1.37 bits per heavy atom. The summed E-state index contributed by atoms with van der Waals surface area (Å²) in [6.45, 7) is 0. The van der Waals surface area contributed by atoms with Crippen molar-refractivity contribution in [1.82, 2.24) is 0 Å². The van der Waals surface area contributed by atoms with E-state index in [0.29, 0.717) is 11.1 Å². The fourth-order valence-electron chi connectivity index (χ4n) is 3.39. The Morgan fingerprint density at radius 1 is 0.741 bits per heavy atom. The van der Waals surface area contributed by atoms with Crippen LogP contribution in [0.15, 0.2) is 72.8 Å². The molecule has 132 valence electrons. The standard InChI is InChI=1S/C23H16O4/c24-19-10-7-15-3-1-2-4-17(15)22(19)23-18-9-5-14(6-12-21(26)27)13-16(18)8-11-20(23)25/h1-13,24-25H,(H,26,27). The van der Waals surface area contributed by atoms with Crippen molar-refractivity contribution in [1.29, 1.82) is 0 Å². The minimum absolute atomic E-state index is 0.0722. The second-order valence-electron chi connectivity index (χ2n) is 6.29. The Labute approximate surface area is 155 Å². The van der Waals surface area contributed by atoms with Crippen LogP contribution in [0.2, 0.25) is 0 Å². The number of hydrogen-bond acceptors (Lipinski definition) is 3. The number of benzene rings is 4. The highest BCUT2D eigenvalue weighted by Crippen LogP contribution is 2.44. The summed E-state index contributed by atoms with van der Waals surface area (Å²) < 4.78 is 0. The van der Waals surface area contributed by atoms with Crippen molar-refractivity contribution in [2.24, 2.45) is 0 Å². The first-order valence-corrected chi connectivity index (χ1v) is 8.42. The number of phenols is 2. The highest BCUT2D eigenvalue weighted by atomic mass is 16.4. The van der Waals surface area contributed by atoms with E-state index in [1.807, 2.05) is 42.5 Å². The summed E-state index contributed by atoms with van der Waals surface area (Å²) in [6.07, 6.45) is 2.60. The number of aromatic hydroxyl groups is 2. The Balaban J connectivity index is 2.01. The Bertz CT molecular complexity index is 1220. The van der Waals surface area contributed by atoms with Crippen LogP contribution in [0.25, 0.3) is 38.7 Å². The summed E-state index contributed by atoms with van der Waals surface area (Å²) in [6, 6.07) is 20.0. The topological polar surface area (TPSA) is 77.8 Å². The molecule has 0 saturated carbocycles. The first-order chi connectivity index (χ1) is 13.0. The molecule has 0 heterocycles. The van der Waals surface area contributed by atoms with Crippen LogP contribution in [0, 0.1) is 0 Å². The van der Waals surface area contributed by atoms with Crippen LogP contribution in [0.1, 0.15) is 5.56 Å². The molecule has 0 aliphatic rings. The molecular weight excluding hydrogens is 340 g/mol. The lowest BCUT2D eigenvalue weighted by atomic mass is 9.91. The molecule has 0 saturated heterocycles. The summed E-state index contributed by atoms with van der Waals surface area (Å²) in [4.78, 5) is 10.7. The van der Waals surface area contributed by atoms with E-state index in [9.17, 15) is 15.0 Å². The first-order valence-electron chi connectivity index (χ1n) is 8.42. The van der Waals surface area contributed by atoms with E-state index in [0.717, 1.165) is 33.2 Å². The molecule has 4 nitrogen and oxygen atoms in total. The number of carboxylic acids is 1. The van der Waals surface area contributed by atoms with Gasteiger partial charge >= 0.3 is 5.97 Å². The smallest absolute Gasteiger partial charge is 0.328 e. The van der Waals surface area contributed by atoms with Crippen LogP contribution < -0.4 is 0 Å². The van der Waals surface area contributed by atoms with Crippen LogP contribution in [0.3, 0.4) is 0 Å². The van der Waals surface area contributed by atoms with E-state index in [4.69, 9.17) is 5.11 Å². The molecule has 0 amide bonds. The maximum absolute atomic E-state index is 10.7. The second-order valence-corrected chi connectivity index (χ2v) is 6.29. The maximum Gasteiger partial charge on any atom is 0.328 e. The number of carbonyl (C=O) groups is 1. The molecule has 0 unspecified atom stereocenters. The van der Waals surface area contributed by atoms with E-state index in [1.54, 1.807) is 24.3 Å². The molecule has 0 radical (unpaired) electrons. The monoisotopic (exact) mass is 356 g/mol.